The molecule has 0 bridgehead atoms. The van der Waals surface area contributed by atoms with Gasteiger partial charge in [0.15, 0.2) is 0 Å². The van der Waals surface area contributed by atoms with E-state index < -0.39 is 53.1 Å². The lowest BCUT2D eigenvalue weighted by Crippen LogP contribution is -2.63. The maximum absolute atomic E-state index is 15.2. The summed E-state index contributed by atoms with van der Waals surface area (Å²) < 4.78 is 0. The first-order valence-corrected chi connectivity index (χ1v) is 21.5. The Hall–Kier alpha value is -4.32. The molecule has 4 N–H and O–H groups in total. The SMILES string of the molecule is C=CCNC(=O)C(=O)C(CC1CCC1)NC(=O)[C@@H]1[C@@H]2[C@H](CN1C(=O)[C@@H](NC(=O)[C@@H](NC(=O)c1cccs1)C1(C)CCCCC1)C1Cc3ccccc3C1)C2(C)C. The van der Waals surface area contributed by atoms with E-state index in [1.807, 2.05) is 17.5 Å². The maximum Gasteiger partial charge on any atom is 0.289 e. The fourth-order valence-corrected chi connectivity index (χ4v) is 10.8. The molecular weight excluding hydrogens is 727 g/mol. The molecule has 4 aliphatic carbocycles. The predicted octanol–water partition coefficient (Wildman–Crippen LogP) is 4.75. The normalized spacial score (nSPS) is 25.0. The van der Waals surface area contributed by atoms with Crippen LogP contribution in [-0.4, -0.2) is 77.5 Å². The van der Waals surface area contributed by atoms with Crippen LogP contribution in [0.5, 0.6) is 0 Å². The van der Waals surface area contributed by atoms with Crippen LogP contribution in [0.2, 0.25) is 0 Å². The number of carbonyl (C=O) groups is 6. The van der Waals surface area contributed by atoms with Crippen LogP contribution in [0.1, 0.15) is 99.4 Å². The van der Waals surface area contributed by atoms with Gasteiger partial charge in [-0.3, -0.25) is 28.8 Å². The van der Waals surface area contributed by atoms with Crippen LogP contribution >= 0.6 is 11.3 Å². The van der Waals surface area contributed by atoms with Gasteiger partial charge in [-0.25, -0.2) is 0 Å². The van der Waals surface area contributed by atoms with Gasteiger partial charge in [0.2, 0.25) is 23.5 Å². The van der Waals surface area contributed by atoms with Gasteiger partial charge in [0.1, 0.15) is 18.1 Å². The second kappa shape index (κ2) is 16.3. The van der Waals surface area contributed by atoms with Gasteiger partial charge >= 0.3 is 0 Å². The summed E-state index contributed by atoms with van der Waals surface area (Å²) in [6.45, 7) is 10.3. The van der Waals surface area contributed by atoms with Crippen LogP contribution in [0.15, 0.2) is 54.4 Å². The van der Waals surface area contributed by atoms with Crippen molar-refractivity contribution in [3.05, 3.63) is 70.4 Å². The summed E-state index contributed by atoms with van der Waals surface area (Å²) in [6.07, 6.45) is 10.4. The maximum atomic E-state index is 15.2. The molecule has 11 nitrogen and oxygen atoms in total. The van der Waals surface area contributed by atoms with Crippen molar-refractivity contribution in [3.63, 3.8) is 0 Å². The van der Waals surface area contributed by atoms with Crippen molar-refractivity contribution in [3.8, 4) is 0 Å². The average molecular weight is 784 g/mol. The second-order valence-corrected chi connectivity index (χ2v) is 18.8. The van der Waals surface area contributed by atoms with Crippen LogP contribution in [0.3, 0.4) is 0 Å². The number of Topliss-reactive ketones (excluding diaryl/α,β-unsaturated/α-hetero) is 1. The van der Waals surface area contributed by atoms with Crippen molar-refractivity contribution in [1.29, 1.82) is 0 Å². The van der Waals surface area contributed by atoms with Crippen molar-refractivity contribution in [2.24, 2.45) is 34.5 Å². The number of thiophene rings is 1. The zero-order valence-electron chi connectivity index (χ0n) is 32.9. The quantitative estimate of drug-likeness (QED) is 0.151. The molecule has 2 aromatic rings. The van der Waals surface area contributed by atoms with Crippen LogP contribution < -0.4 is 21.3 Å². The lowest BCUT2D eigenvalue weighted by molar-refractivity contribution is -0.146. The fraction of sp³-hybridized carbons (Fsp3) is 0.591. The molecule has 1 aromatic carbocycles. The summed E-state index contributed by atoms with van der Waals surface area (Å²) in [5, 5.41) is 13.6. The summed E-state index contributed by atoms with van der Waals surface area (Å²) in [5.41, 5.74) is 1.53. The highest BCUT2D eigenvalue weighted by Crippen LogP contribution is 2.65. The highest BCUT2D eigenvalue weighted by molar-refractivity contribution is 7.12. The lowest BCUT2D eigenvalue weighted by atomic mass is 9.70. The molecule has 2 heterocycles. The molecule has 0 spiro atoms. The van der Waals surface area contributed by atoms with E-state index in [0.717, 1.165) is 62.5 Å². The predicted molar refractivity (Wildman–Crippen MR) is 214 cm³/mol. The number of nitrogens with zero attached hydrogens (tertiary/aromatic N) is 1. The first-order chi connectivity index (χ1) is 26.8. The molecule has 12 heteroatoms. The van der Waals surface area contributed by atoms with Crippen molar-refractivity contribution in [2.75, 3.05) is 13.1 Å². The molecule has 6 atom stereocenters. The van der Waals surface area contributed by atoms with Crippen molar-refractivity contribution >= 4 is 46.7 Å². The smallest absolute Gasteiger partial charge is 0.289 e. The zero-order valence-corrected chi connectivity index (χ0v) is 33.8. The van der Waals surface area contributed by atoms with E-state index >= 15 is 4.79 Å². The number of hydrogen-bond donors (Lipinski definition) is 4. The van der Waals surface area contributed by atoms with E-state index in [-0.39, 0.29) is 47.4 Å². The van der Waals surface area contributed by atoms with Crippen molar-refractivity contribution in [1.82, 2.24) is 26.2 Å². The Morgan fingerprint density at radius 1 is 0.911 bits per heavy atom. The highest BCUT2D eigenvalue weighted by atomic mass is 32.1. The standard InChI is InChI=1S/C44H57N5O6S/c1-5-20-45-40(53)36(50)31(22-26-13-11-14-26)46-39(52)35-33-30(43(33,2)3)25-49(35)42(55)34(29-23-27-15-7-8-16-28(27)24-29)47-41(54)37(44(4)18-9-6-10-19-44)48-38(51)32-17-12-21-56-32/h5,7-8,12,15-17,21,26,29-31,33-35,37H,1,6,9-11,13-14,18-20,22-25H2,2-4H3,(H,45,53)(H,46,52)(H,47,54)(H,48,51)/t30-,31?,33-,34-,35-,37+/m0/s1. The number of hydrogen-bond acceptors (Lipinski definition) is 7. The number of benzene rings is 1. The van der Waals surface area contributed by atoms with Crippen LogP contribution in [0, 0.1) is 34.5 Å². The number of nitrogens with one attached hydrogen (secondary N) is 4. The molecule has 4 fully saturated rings. The first-order valence-electron chi connectivity index (χ1n) is 20.6. The third-order valence-electron chi connectivity index (χ3n) is 13.9. The molecule has 5 amide bonds. The number of amides is 5. The van der Waals surface area contributed by atoms with Crippen molar-refractivity contribution < 1.29 is 28.8 Å². The van der Waals surface area contributed by atoms with Gasteiger partial charge in [0, 0.05) is 13.1 Å². The number of ketones is 1. The largest absolute Gasteiger partial charge is 0.346 e. The van der Waals surface area contributed by atoms with Gasteiger partial charge in [0.25, 0.3) is 11.8 Å². The fourth-order valence-electron chi connectivity index (χ4n) is 10.2. The van der Waals surface area contributed by atoms with Gasteiger partial charge in [-0.15, -0.1) is 17.9 Å². The minimum atomic E-state index is -1.01. The van der Waals surface area contributed by atoms with Gasteiger partial charge in [0.05, 0.1) is 10.9 Å². The Morgan fingerprint density at radius 2 is 1.61 bits per heavy atom. The van der Waals surface area contributed by atoms with Gasteiger partial charge in [-0.05, 0) is 89.2 Å². The van der Waals surface area contributed by atoms with E-state index in [4.69, 9.17) is 0 Å². The minimum Gasteiger partial charge on any atom is -0.346 e. The summed E-state index contributed by atoms with van der Waals surface area (Å²) >= 11 is 1.31. The van der Waals surface area contributed by atoms with Gasteiger partial charge in [-0.2, -0.15) is 0 Å². The van der Waals surface area contributed by atoms with E-state index in [1.165, 1.54) is 17.4 Å². The third-order valence-corrected chi connectivity index (χ3v) is 14.8. The Bertz CT molecular complexity index is 1820. The molecule has 1 saturated heterocycles. The number of carbonyl (C=O) groups excluding carboxylic acids is 6. The van der Waals surface area contributed by atoms with Gasteiger partial charge < -0.3 is 26.2 Å². The molecule has 1 aliphatic heterocycles. The summed E-state index contributed by atoms with van der Waals surface area (Å²) in [5.74, 6) is -3.07. The monoisotopic (exact) mass is 783 g/mol. The zero-order chi connectivity index (χ0) is 39.8. The highest BCUT2D eigenvalue weighted by Gasteiger charge is 2.70. The van der Waals surface area contributed by atoms with E-state index in [9.17, 15) is 24.0 Å². The van der Waals surface area contributed by atoms with Crippen LogP contribution in [0.4, 0.5) is 0 Å². The molecular formula is C44H57N5O6S. The first kappa shape index (κ1) is 39.9. The van der Waals surface area contributed by atoms with Crippen LogP contribution in [-0.2, 0) is 36.8 Å². The summed E-state index contributed by atoms with van der Waals surface area (Å²) in [4.78, 5) is 86.4. The topological polar surface area (TPSA) is 154 Å². The molecule has 56 heavy (non-hydrogen) atoms. The molecule has 7 rings (SSSR count). The number of fused-ring (bicyclic) bond motifs is 2. The number of likely N-dealkylation sites (tertiary alicyclic amines) is 1. The number of piperidine rings is 1. The third kappa shape index (κ3) is 7.95. The molecule has 5 aliphatic rings. The molecule has 0 radical (unpaired) electrons. The van der Waals surface area contributed by atoms with E-state index in [1.54, 1.807) is 17.0 Å². The summed E-state index contributed by atoms with van der Waals surface area (Å²) in [6, 6.07) is 7.90. The van der Waals surface area contributed by atoms with E-state index in [0.29, 0.717) is 30.7 Å². The molecule has 1 unspecified atom stereocenters. The van der Waals surface area contributed by atoms with Gasteiger partial charge in [-0.1, -0.05) is 95.7 Å². The molecule has 1 aromatic heterocycles. The second-order valence-electron chi connectivity index (χ2n) is 17.9. The Balaban J connectivity index is 1.17. The Kier molecular flexibility index (Phi) is 11.6. The van der Waals surface area contributed by atoms with Crippen LogP contribution in [0.25, 0.3) is 0 Å². The van der Waals surface area contributed by atoms with Crippen molar-refractivity contribution in [2.45, 2.75) is 116 Å². The minimum absolute atomic E-state index is 0.0648. The Morgan fingerprint density at radius 3 is 2.21 bits per heavy atom. The lowest BCUT2D eigenvalue weighted by Gasteiger charge is -2.41. The summed E-state index contributed by atoms with van der Waals surface area (Å²) in [7, 11) is 0. The molecule has 300 valence electrons. The average Bonchev–Trinajstić information content (AvgIpc) is 3.77. The number of rotatable bonds is 15. The Labute approximate surface area is 334 Å². The molecule has 3 saturated carbocycles. The van der Waals surface area contributed by atoms with E-state index in [2.05, 4.69) is 60.8 Å².